The lowest BCUT2D eigenvalue weighted by Crippen LogP contribution is -3.00. The number of unbranched alkanes of at least 4 members (excludes halogenated alkanes) is 4. The van der Waals surface area contributed by atoms with Crippen LogP contribution in [-0.2, 0) is 54.4 Å². The number of aromatic nitrogens is 8. The van der Waals surface area contributed by atoms with Gasteiger partial charge in [0.25, 0.3) is 0 Å². The first-order chi connectivity index (χ1) is 19.3. The second-order valence-corrected chi connectivity index (χ2v) is 10.7. The van der Waals surface area contributed by atoms with E-state index in [0.717, 1.165) is 26.2 Å². The number of hydrogen-bond donors (Lipinski definition) is 0. The van der Waals surface area contributed by atoms with Gasteiger partial charge < -0.3 is 18.8 Å². The summed E-state index contributed by atoms with van der Waals surface area (Å²) in [5, 5.41) is 0. The van der Waals surface area contributed by atoms with E-state index in [1.165, 1.54) is 51.4 Å². The Morgan fingerprint density at radius 1 is 0.364 bits per heavy atom. The molecule has 4 heterocycles. The van der Waals surface area contributed by atoms with Crippen molar-refractivity contribution in [3.63, 3.8) is 0 Å². The molecule has 0 fully saturated rings. The lowest BCUT2D eigenvalue weighted by atomic mass is 10.3. The monoisotopic (exact) mass is 632 g/mol. The molecule has 0 spiro atoms. The minimum atomic E-state index is 0. The van der Waals surface area contributed by atoms with E-state index < -0.39 is 0 Å². The minimum Gasteiger partial charge on any atom is -1.00 e. The molecule has 4 rings (SSSR count). The molecule has 0 aliphatic carbocycles. The topological polar surface area (TPSA) is 35.2 Å². The third kappa shape index (κ3) is 23.1. The molecule has 0 saturated carbocycles. The van der Waals surface area contributed by atoms with Gasteiger partial charge in [-0.2, -0.15) is 0 Å². The zero-order chi connectivity index (χ0) is 29.6. The highest BCUT2D eigenvalue weighted by Gasteiger charge is 1.99. The molecule has 12 heteroatoms. The highest BCUT2D eigenvalue weighted by molar-refractivity contribution is 4.63. The average Bonchev–Trinajstić information content (AvgIpc) is 3.75. The standard InChI is InChI=1S/4C8H15N2.4FH/c4*1-3-4-5-10-7-6-9(2)8-10;;;;/h4*6-8H,3-5H2,1-2H3;4*1H/q4*+1;;;;/p-4. The molecule has 0 N–H and O–H groups in total. The summed E-state index contributed by atoms with van der Waals surface area (Å²) >= 11 is 0. The zero-order valence-electron chi connectivity index (χ0n) is 28.5. The van der Waals surface area contributed by atoms with E-state index in [1.54, 1.807) is 0 Å². The third-order valence-corrected chi connectivity index (χ3v) is 6.37. The Kier molecular flexibility index (Phi) is 32.0. The number of rotatable bonds is 12. The van der Waals surface area contributed by atoms with Crippen LogP contribution < -0.4 is 37.1 Å². The average molecular weight is 633 g/mol. The van der Waals surface area contributed by atoms with Crippen molar-refractivity contribution in [3.8, 4) is 0 Å². The van der Waals surface area contributed by atoms with Crippen LogP contribution in [0.1, 0.15) is 79.1 Å². The van der Waals surface area contributed by atoms with Gasteiger partial charge >= 0.3 is 0 Å². The highest BCUT2D eigenvalue weighted by atomic mass is 19.0. The molecule has 0 unspecified atom stereocenters. The molecule has 0 bridgehead atoms. The van der Waals surface area contributed by atoms with Gasteiger partial charge in [0.15, 0.2) is 0 Å². The fourth-order valence-corrected chi connectivity index (χ4v) is 3.90. The maximum atomic E-state index is 2.21. The molecule has 0 radical (unpaired) electrons. The molecule has 4 aromatic rings. The number of nitrogens with zero attached hydrogens (tertiary/aromatic N) is 8. The van der Waals surface area contributed by atoms with E-state index in [9.17, 15) is 0 Å². The van der Waals surface area contributed by atoms with Gasteiger partial charge in [-0.1, -0.05) is 53.4 Å². The molecule has 0 atom stereocenters. The molecule has 0 aliphatic heterocycles. The summed E-state index contributed by atoms with van der Waals surface area (Å²) in [5.74, 6) is 0. The van der Waals surface area contributed by atoms with Crippen LogP contribution in [0.4, 0.5) is 0 Å². The summed E-state index contributed by atoms with van der Waals surface area (Å²) < 4.78 is 17.1. The van der Waals surface area contributed by atoms with Gasteiger partial charge in [-0.05, 0) is 25.7 Å². The van der Waals surface area contributed by atoms with E-state index in [0.29, 0.717) is 0 Å². The van der Waals surface area contributed by atoms with Crippen molar-refractivity contribution >= 4 is 0 Å². The normalized spacial score (nSPS) is 9.27. The molecule has 4 aromatic heterocycles. The summed E-state index contributed by atoms with van der Waals surface area (Å²) in [6, 6.07) is 0. The maximum Gasteiger partial charge on any atom is 0.243 e. The highest BCUT2D eigenvalue weighted by Crippen LogP contribution is 1.88. The van der Waals surface area contributed by atoms with Crippen molar-refractivity contribution in [2.75, 3.05) is 0 Å². The predicted molar refractivity (Wildman–Crippen MR) is 162 cm³/mol. The van der Waals surface area contributed by atoms with Crippen LogP contribution in [0.25, 0.3) is 0 Å². The second kappa shape index (κ2) is 29.6. The summed E-state index contributed by atoms with van der Waals surface area (Å²) in [4.78, 5) is 0. The molecule has 0 amide bonds. The number of hydrogen-bond acceptors (Lipinski definition) is 0. The summed E-state index contributed by atoms with van der Waals surface area (Å²) in [7, 11) is 8.18. The van der Waals surface area contributed by atoms with Crippen LogP contribution >= 0.6 is 0 Å². The van der Waals surface area contributed by atoms with Gasteiger partial charge in [-0.15, -0.1) is 0 Å². The van der Waals surface area contributed by atoms with Gasteiger partial charge in [-0.3, -0.25) is 0 Å². The Morgan fingerprint density at radius 2 is 0.545 bits per heavy atom. The van der Waals surface area contributed by atoms with Gasteiger partial charge in [0.1, 0.15) is 49.6 Å². The van der Waals surface area contributed by atoms with Crippen LogP contribution in [0.3, 0.4) is 0 Å². The van der Waals surface area contributed by atoms with Gasteiger partial charge in [-0.25, -0.2) is 36.5 Å². The zero-order valence-corrected chi connectivity index (χ0v) is 28.5. The van der Waals surface area contributed by atoms with Gasteiger partial charge in [0.2, 0.25) is 25.3 Å². The lowest BCUT2D eigenvalue weighted by molar-refractivity contribution is -0.696. The number of imidazole rings is 4. The van der Waals surface area contributed by atoms with E-state index in [2.05, 4.69) is 139 Å². The lowest BCUT2D eigenvalue weighted by Gasteiger charge is -1.90. The number of halogens is 4. The first-order valence-corrected chi connectivity index (χ1v) is 15.3. The molecule has 256 valence electrons. The Hall–Kier alpha value is -3.44. The van der Waals surface area contributed by atoms with Crippen LogP contribution in [0.2, 0.25) is 0 Å². The van der Waals surface area contributed by atoms with Gasteiger partial charge in [0.05, 0.1) is 54.4 Å². The fraction of sp³-hybridized carbons (Fsp3) is 0.625. The van der Waals surface area contributed by atoms with Crippen molar-refractivity contribution in [3.05, 3.63) is 74.9 Å². The smallest absolute Gasteiger partial charge is 0.243 e. The number of aryl methyl sites for hydroxylation is 8. The van der Waals surface area contributed by atoms with Gasteiger partial charge in [0, 0.05) is 0 Å². The molecule has 8 nitrogen and oxygen atoms in total. The van der Waals surface area contributed by atoms with Crippen molar-refractivity contribution < 1.29 is 37.1 Å². The van der Waals surface area contributed by atoms with Crippen molar-refractivity contribution in [1.82, 2.24) is 18.3 Å². The summed E-state index contributed by atoms with van der Waals surface area (Å²) in [5.41, 5.74) is 0. The van der Waals surface area contributed by atoms with Crippen molar-refractivity contribution in [2.24, 2.45) is 28.2 Å². The molecule has 0 saturated heterocycles. The third-order valence-electron chi connectivity index (χ3n) is 6.37. The van der Waals surface area contributed by atoms with Crippen LogP contribution in [-0.4, -0.2) is 18.3 Å². The maximum absolute atomic E-state index is 2.21. The van der Waals surface area contributed by atoms with E-state index in [4.69, 9.17) is 0 Å². The SMILES string of the molecule is CCCC[n+]1ccn(C)c1.CCCC[n+]1ccn(C)c1.CCCC[n+]1ccn(C)c1.CCCC[n+]1ccn(C)c1.[F-].[F-].[F-].[F-]. The predicted octanol–water partition coefficient (Wildman–Crippen LogP) is -7.53. The Labute approximate surface area is 263 Å². The van der Waals surface area contributed by atoms with E-state index >= 15 is 0 Å². The van der Waals surface area contributed by atoms with Crippen LogP contribution in [0.15, 0.2) is 74.9 Å². The molecule has 0 aliphatic rings. The van der Waals surface area contributed by atoms with Crippen LogP contribution in [0, 0.1) is 0 Å². The summed E-state index contributed by atoms with van der Waals surface area (Å²) in [6.07, 6.45) is 35.3. The molecular weight excluding hydrogens is 572 g/mol. The largest absolute Gasteiger partial charge is 1.00 e. The Balaban J connectivity index is -0.000000235. The van der Waals surface area contributed by atoms with E-state index in [1.807, 2.05) is 28.2 Å². The van der Waals surface area contributed by atoms with Crippen molar-refractivity contribution in [1.29, 1.82) is 0 Å². The molecule has 44 heavy (non-hydrogen) atoms. The fourth-order valence-electron chi connectivity index (χ4n) is 3.90. The quantitative estimate of drug-likeness (QED) is 0.110. The first kappa shape index (κ1) is 47.5. The first-order valence-electron chi connectivity index (χ1n) is 15.3. The summed E-state index contributed by atoms with van der Waals surface area (Å²) in [6.45, 7) is 13.4. The second-order valence-electron chi connectivity index (χ2n) is 10.7. The Bertz CT molecular complexity index is 960. The van der Waals surface area contributed by atoms with Crippen LogP contribution in [0.5, 0.6) is 0 Å². The minimum absolute atomic E-state index is 0. The molecular formula is C32H60F4N8. The van der Waals surface area contributed by atoms with Crippen molar-refractivity contribution in [2.45, 2.75) is 105 Å². The molecule has 0 aromatic carbocycles. The Morgan fingerprint density at radius 3 is 0.659 bits per heavy atom. The van der Waals surface area contributed by atoms with E-state index in [-0.39, 0.29) is 18.8 Å².